The van der Waals surface area contributed by atoms with Gasteiger partial charge in [0.05, 0.1) is 6.04 Å². The fourth-order valence-corrected chi connectivity index (χ4v) is 0.498. The average molecular weight is 130 g/mol. The van der Waals surface area contributed by atoms with E-state index in [1.165, 1.54) is 6.92 Å². The number of carbonyl (C=O) groups excluding carboxylic acids is 1. The Morgan fingerprint density at radius 2 is 2.33 bits per heavy atom. The zero-order valence-corrected chi connectivity index (χ0v) is 5.55. The molecule has 0 aromatic carbocycles. The van der Waals surface area contributed by atoms with Crippen LogP contribution in [0.1, 0.15) is 6.92 Å². The first-order valence-corrected chi connectivity index (χ1v) is 2.69. The third-order valence-electron chi connectivity index (χ3n) is 1.10. The molecule has 0 spiro atoms. The van der Waals surface area contributed by atoms with E-state index in [-0.39, 0.29) is 12.3 Å². The Balaban J connectivity index is 3.67. The quantitative estimate of drug-likeness (QED) is 0.542. The van der Waals surface area contributed by atoms with Gasteiger partial charge in [0.25, 0.3) is 0 Å². The first-order valence-electron chi connectivity index (χ1n) is 2.69. The standard InChI is InChI=1S/C5H10N2O2/c1-4(8)5(6-2)3-7-9/h5-6H,3H2,1-2H3/t5-/m0/s1. The summed E-state index contributed by atoms with van der Waals surface area (Å²) < 4.78 is 0. The third-order valence-corrected chi connectivity index (χ3v) is 1.10. The van der Waals surface area contributed by atoms with E-state index in [0.29, 0.717) is 0 Å². The molecule has 0 aromatic rings. The van der Waals surface area contributed by atoms with Gasteiger partial charge in [0.1, 0.15) is 12.3 Å². The van der Waals surface area contributed by atoms with Crippen molar-refractivity contribution in [3.8, 4) is 0 Å². The Hall–Kier alpha value is -0.770. The van der Waals surface area contributed by atoms with E-state index in [4.69, 9.17) is 0 Å². The molecule has 4 nitrogen and oxygen atoms in total. The van der Waals surface area contributed by atoms with Crippen LogP contribution in [-0.4, -0.2) is 25.4 Å². The number of nitrogens with zero attached hydrogens (tertiary/aromatic N) is 1. The number of nitrogens with one attached hydrogen (secondary N) is 1. The van der Waals surface area contributed by atoms with Gasteiger partial charge in [0.2, 0.25) is 0 Å². The number of hydrogen-bond acceptors (Lipinski definition) is 4. The molecule has 0 unspecified atom stereocenters. The molecule has 0 saturated heterocycles. The van der Waals surface area contributed by atoms with Crippen LogP contribution in [0.25, 0.3) is 0 Å². The molecule has 0 aromatic heterocycles. The van der Waals surface area contributed by atoms with Crippen LogP contribution >= 0.6 is 0 Å². The summed E-state index contributed by atoms with van der Waals surface area (Å²) >= 11 is 0. The monoisotopic (exact) mass is 130 g/mol. The molecule has 1 atom stereocenters. The maximum absolute atomic E-state index is 10.5. The van der Waals surface area contributed by atoms with Crippen molar-refractivity contribution in [1.29, 1.82) is 0 Å². The van der Waals surface area contributed by atoms with Crippen molar-refractivity contribution in [2.24, 2.45) is 5.18 Å². The van der Waals surface area contributed by atoms with Gasteiger partial charge in [-0.05, 0) is 14.0 Å². The zero-order valence-electron chi connectivity index (χ0n) is 5.55. The molecule has 0 heterocycles. The lowest BCUT2D eigenvalue weighted by Crippen LogP contribution is -2.34. The largest absolute Gasteiger partial charge is 0.309 e. The topological polar surface area (TPSA) is 58.5 Å². The normalized spacial score (nSPS) is 12.7. The number of hydrogen-bond donors (Lipinski definition) is 1. The summed E-state index contributed by atoms with van der Waals surface area (Å²) in [6.45, 7) is 1.44. The summed E-state index contributed by atoms with van der Waals surface area (Å²) in [5, 5.41) is 5.25. The molecule has 0 fully saturated rings. The third kappa shape index (κ3) is 2.92. The minimum Gasteiger partial charge on any atom is -0.309 e. The van der Waals surface area contributed by atoms with Gasteiger partial charge in [-0.1, -0.05) is 5.18 Å². The number of nitroso groups, excluding NO2 is 1. The fourth-order valence-electron chi connectivity index (χ4n) is 0.498. The lowest BCUT2D eigenvalue weighted by Gasteiger charge is -2.05. The van der Waals surface area contributed by atoms with E-state index >= 15 is 0 Å². The lowest BCUT2D eigenvalue weighted by atomic mass is 10.2. The van der Waals surface area contributed by atoms with Crippen molar-refractivity contribution in [2.45, 2.75) is 13.0 Å². The second-order valence-electron chi connectivity index (χ2n) is 1.76. The molecule has 0 aliphatic carbocycles. The molecule has 0 amide bonds. The van der Waals surface area contributed by atoms with Gasteiger partial charge >= 0.3 is 0 Å². The van der Waals surface area contributed by atoms with Gasteiger partial charge in [0, 0.05) is 0 Å². The van der Waals surface area contributed by atoms with Crippen molar-refractivity contribution < 1.29 is 4.79 Å². The summed E-state index contributed by atoms with van der Waals surface area (Å²) in [7, 11) is 1.62. The smallest absolute Gasteiger partial charge is 0.148 e. The Bertz CT molecular complexity index is 114. The van der Waals surface area contributed by atoms with Crippen LogP contribution in [0.2, 0.25) is 0 Å². The predicted molar refractivity (Wildman–Crippen MR) is 34.2 cm³/mol. The van der Waals surface area contributed by atoms with E-state index in [0.717, 1.165) is 0 Å². The summed E-state index contributed by atoms with van der Waals surface area (Å²) in [6.07, 6.45) is 0. The van der Waals surface area contributed by atoms with Gasteiger partial charge in [-0.15, -0.1) is 0 Å². The van der Waals surface area contributed by atoms with Crippen LogP contribution in [0.3, 0.4) is 0 Å². The Labute approximate surface area is 53.6 Å². The minimum absolute atomic E-state index is 0.0197. The van der Waals surface area contributed by atoms with Crippen molar-refractivity contribution in [3.63, 3.8) is 0 Å². The second-order valence-corrected chi connectivity index (χ2v) is 1.76. The second kappa shape index (κ2) is 4.14. The highest BCUT2D eigenvalue weighted by Gasteiger charge is 2.09. The first-order chi connectivity index (χ1) is 4.22. The minimum atomic E-state index is -0.400. The number of ketones is 1. The molecule has 0 radical (unpaired) electrons. The molecule has 0 saturated carbocycles. The van der Waals surface area contributed by atoms with Gasteiger partial charge in [0.15, 0.2) is 0 Å². The van der Waals surface area contributed by atoms with Crippen LogP contribution in [-0.2, 0) is 4.79 Å². The van der Waals surface area contributed by atoms with E-state index < -0.39 is 6.04 Å². The van der Waals surface area contributed by atoms with E-state index in [2.05, 4.69) is 10.5 Å². The van der Waals surface area contributed by atoms with Crippen LogP contribution in [0.15, 0.2) is 5.18 Å². The van der Waals surface area contributed by atoms with Crippen LogP contribution in [0.4, 0.5) is 0 Å². The highest BCUT2D eigenvalue weighted by Crippen LogP contribution is 1.84. The zero-order chi connectivity index (χ0) is 7.28. The van der Waals surface area contributed by atoms with Crippen LogP contribution in [0, 0.1) is 4.91 Å². The van der Waals surface area contributed by atoms with E-state index in [1.54, 1.807) is 7.05 Å². The highest BCUT2D eigenvalue weighted by atomic mass is 16.3. The SMILES string of the molecule is CN[C@@H](CN=O)C(C)=O. The van der Waals surface area contributed by atoms with Gasteiger partial charge in [-0.2, -0.15) is 4.91 Å². The lowest BCUT2D eigenvalue weighted by molar-refractivity contribution is -0.118. The number of rotatable bonds is 4. The number of carbonyl (C=O) groups is 1. The summed E-state index contributed by atoms with van der Waals surface area (Å²) in [5.74, 6) is -0.0582. The van der Waals surface area contributed by atoms with E-state index in [1.807, 2.05) is 0 Å². The molecule has 4 heteroatoms. The molecular formula is C5H10N2O2. The van der Waals surface area contributed by atoms with Crippen molar-refractivity contribution in [3.05, 3.63) is 4.91 Å². The Kier molecular flexibility index (Phi) is 3.79. The maximum Gasteiger partial charge on any atom is 0.148 e. The van der Waals surface area contributed by atoms with Crippen molar-refractivity contribution in [2.75, 3.05) is 13.6 Å². The average Bonchev–Trinajstić information content (AvgIpc) is 1.82. The molecular weight excluding hydrogens is 120 g/mol. The summed E-state index contributed by atoms with van der Waals surface area (Å²) in [5.41, 5.74) is 0. The molecule has 0 bridgehead atoms. The first kappa shape index (κ1) is 8.23. The Morgan fingerprint density at radius 1 is 1.78 bits per heavy atom. The molecule has 0 aliphatic rings. The van der Waals surface area contributed by atoms with Gasteiger partial charge in [-0.25, -0.2) is 0 Å². The molecule has 0 aliphatic heterocycles. The molecule has 1 N–H and O–H groups in total. The maximum atomic E-state index is 10.5. The molecule has 0 rings (SSSR count). The van der Waals surface area contributed by atoms with E-state index in [9.17, 15) is 9.70 Å². The summed E-state index contributed by atoms with van der Waals surface area (Å²) in [6, 6.07) is -0.400. The van der Waals surface area contributed by atoms with Gasteiger partial charge < -0.3 is 5.32 Å². The van der Waals surface area contributed by atoms with Crippen molar-refractivity contribution >= 4 is 5.78 Å². The fraction of sp³-hybridized carbons (Fsp3) is 0.800. The Morgan fingerprint density at radius 3 is 2.44 bits per heavy atom. The van der Waals surface area contributed by atoms with Crippen LogP contribution < -0.4 is 5.32 Å². The number of Topliss-reactive ketones (excluding diaryl/α,β-unsaturated/α-hetero) is 1. The molecule has 52 valence electrons. The van der Waals surface area contributed by atoms with Crippen LogP contribution in [0.5, 0.6) is 0 Å². The van der Waals surface area contributed by atoms with Crippen molar-refractivity contribution in [1.82, 2.24) is 5.32 Å². The predicted octanol–water partition coefficient (Wildman–Crippen LogP) is -0.0702. The van der Waals surface area contributed by atoms with Gasteiger partial charge in [-0.3, -0.25) is 4.79 Å². The number of likely N-dealkylation sites (N-methyl/N-ethyl adjacent to an activating group) is 1. The highest BCUT2D eigenvalue weighted by molar-refractivity contribution is 5.81. The summed E-state index contributed by atoms with van der Waals surface area (Å²) in [4.78, 5) is 20.1. The molecule has 9 heavy (non-hydrogen) atoms.